The molecule has 1 aromatic carbocycles. The summed E-state index contributed by atoms with van der Waals surface area (Å²) in [7, 11) is 0. The lowest BCUT2D eigenvalue weighted by molar-refractivity contribution is -0.132. The van der Waals surface area contributed by atoms with Gasteiger partial charge in [-0.25, -0.2) is 4.79 Å². The molecule has 0 radical (unpaired) electrons. The van der Waals surface area contributed by atoms with E-state index in [-0.39, 0.29) is 12.0 Å². The molecule has 2 amide bonds. The van der Waals surface area contributed by atoms with Gasteiger partial charge in [-0.15, -0.1) is 10.2 Å². The van der Waals surface area contributed by atoms with Gasteiger partial charge in [0.25, 0.3) is 0 Å². The molecule has 0 atom stereocenters. The van der Waals surface area contributed by atoms with Crippen molar-refractivity contribution in [2.75, 3.05) is 32.8 Å². The molecule has 2 heterocycles. The van der Waals surface area contributed by atoms with E-state index in [9.17, 15) is 9.59 Å². The second-order valence-electron chi connectivity index (χ2n) is 6.44. The van der Waals surface area contributed by atoms with E-state index < -0.39 is 0 Å². The van der Waals surface area contributed by atoms with Crippen LogP contribution < -0.4 is 0 Å². The Hall–Kier alpha value is -2.90. The van der Waals surface area contributed by atoms with Crippen LogP contribution in [-0.4, -0.2) is 64.8 Å². The molecule has 0 aliphatic carbocycles. The third-order valence-corrected chi connectivity index (χ3v) is 4.44. The SMILES string of the molecule is CCOC(=O)N1CCN(C(=O)CCc2nnc(-c3cccc(C)c3)o2)CC1. The van der Waals surface area contributed by atoms with Gasteiger partial charge >= 0.3 is 6.09 Å². The number of aromatic nitrogens is 2. The van der Waals surface area contributed by atoms with Gasteiger partial charge < -0.3 is 19.0 Å². The molecule has 144 valence electrons. The average Bonchev–Trinajstić information content (AvgIpc) is 3.15. The van der Waals surface area contributed by atoms with Crippen LogP contribution in [0.3, 0.4) is 0 Å². The fourth-order valence-corrected chi connectivity index (χ4v) is 2.97. The fourth-order valence-electron chi connectivity index (χ4n) is 2.97. The summed E-state index contributed by atoms with van der Waals surface area (Å²) < 4.78 is 10.7. The maximum Gasteiger partial charge on any atom is 0.409 e. The Morgan fingerprint density at radius 3 is 2.59 bits per heavy atom. The minimum absolute atomic E-state index is 0.0221. The topological polar surface area (TPSA) is 88.8 Å². The van der Waals surface area contributed by atoms with E-state index in [0.29, 0.717) is 57.4 Å². The van der Waals surface area contributed by atoms with Crippen LogP contribution >= 0.6 is 0 Å². The largest absolute Gasteiger partial charge is 0.450 e. The lowest BCUT2D eigenvalue weighted by atomic mass is 10.1. The van der Waals surface area contributed by atoms with E-state index in [1.54, 1.807) is 16.7 Å². The maximum absolute atomic E-state index is 12.4. The third-order valence-electron chi connectivity index (χ3n) is 4.44. The van der Waals surface area contributed by atoms with Gasteiger partial charge in [-0.05, 0) is 26.0 Å². The van der Waals surface area contributed by atoms with Gasteiger partial charge in [0.2, 0.25) is 17.7 Å². The lowest BCUT2D eigenvalue weighted by Gasteiger charge is -2.34. The number of hydrogen-bond donors (Lipinski definition) is 0. The van der Waals surface area contributed by atoms with Crippen LogP contribution in [0.4, 0.5) is 4.79 Å². The number of hydrogen-bond acceptors (Lipinski definition) is 6. The van der Waals surface area contributed by atoms with Crippen molar-refractivity contribution >= 4 is 12.0 Å². The highest BCUT2D eigenvalue weighted by atomic mass is 16.6. The molecule has 8 nitrogen and oxygen atoms in total. The summed E-state index contributed by atoms with van der Waals surface area (Å²) in [6.07, 6.45) is 0.379. The molecule has 0 unspecified atom stereocenters. The molecule has 0 bridgehead atoms. The Labute approximate surface area is 158 Å². The predicted molar refractivity (Wildman–Crippen MR) is 98.0 cm³/mol. The van der Waals surface area contributed by atoms with Gasteiger partial charge in [-0.2, -0.15) is 0 Å². The second kappa shape index (κ2) is 8.66. The molecule has 8 heteroatoms. The van der Waals surface area contributed by atoms with Crippen LogP contribution in [0, 0.1) is 6.92 Å². The van der Waals surface area contributed by atoms with Crippen LogP contribution in [0.1, 0.15) is 24.8 Å². The summed E-state index contributed by atoms with van der Waals surface area (Å²) in [6, 6.07) is 7.83. The summed E-state index contributed by atoms with van der Waals surface area (Å²) in [4.78, 5) is 27.5. The van der Waals surface area contributed by atoms with Crippen molar-refractivity contribution in [3.8, 4) is 11.5 Å². The summed E-state index contributed by atoms with van der Waals surface area (Å²) in [5.41, 5.74) is 1.99. The fraction of sp³-hybridized carbons (Fsp3) is 0.474. The number of rotatable bonds is 5. The lowest BCUT2D eigenvalue weighted by Crippen LogP contribution is -2.50. The molecule has 1 aliphatic rings. The molecule has 1 aliphatic heterocycles. The summed E-state index contributed by atoms with van der Waals surface area (Å²) >= 11 is 0. The van der Waals surface area contributed by atoms with Gasteiger partial charge in [0.15, 0.2) is 0 Å². The molecular weight excluding hydrogens is 348 g/mol. The number of benzene rings is 1. The minimum Gasteiger partial charge on any atom is -0.450 e. The van der Waals surface area contributed by atoms with Crippen molar-refractivity contribution in [1.29, 1.82) is 0 Å². The van der Waals surface area contributed by atoms with Crippen molar-refractivity contribution in [1.82, 2.24) is 20.0 Å². The molecule has 2 aromatic rings. The number of carbonyl (C=O) groups is 2. The van der Waals surface area contributed by atoms with Crippen molar-refractivity contribution in [3.63, 3.8) is 0 Å². The number of aryl methyl sites for hydroxylation is 2. The van der Waals surface area contributed by atoms with E-state index in [1.807, 2.05) is 31.2 Å². The number of ether oxygens (including phenoxy) is 1. The zero-order valence-corrected chi connectivity index (χ0v) is 15.7. The van der Waals surface area contributed by atoms with Crippen molar-refractivity contribution in [2.45, 2.75) is 26.7 Å². The highest BCUT2D eigenvalue weighted by molar-refractivity contribution is 5.77. The van der Waals surface area contributed by atoms with Crippen molar-refractivity contribution < 1.29 is 18.7 Å². The quantitative estimate of drug-likeness (QED) is 0.800. The van der Waals surface area contributed by atoms with Crippen LogP contribution in [0.2, 0.25) is 0 Å². The monoisotopic (exact) mass is 372 g/mol. The van der Waals surface area contributed by atoms with Gasteiger partial charge in [0.1, 0.15) is 0 Å². The van der Waals surface area contributed by atoms with E-state index in [4.69, 9.17) is 9.15 Å². The Morgan fingerprint density at radius 2 is 1.89 bits per heavy atom. The van der Waals surface area contributed by atoms with Gasteiger partial charge in [0.05, 0.1) is 6.61 Å². The van der Waals surface area contributed by atoms with Crippen molar-refractivity contribution in [3.05, 3.63) is 35.7 Å². The molecule has 1 saturated heterocycles. The van der Waals surface area contributed by atoms with Crippen LogP contribution in [0.25, 0.3) is 11.5 Å². The number of amides is 2. The van der Waals surface area contributed by atoms with E-state index in [1.165, 1.54) is 0 Å². The molecule has 3 rings (SSSR count). The first-order valence-corrected chi connectivity index (χ1v) is 9.15. The van der Waals surface area contributed by atoms with Gasteiger partial charge in [0, 0.05) is 44.6 Å². The van der Waals surface area contributed by atoms with Gasteiger partial charge in [-0.3, -0.25) is 4.79 Å². The Balaban J connectivity index is 1.48. The Morgan fingerprint density at radius 1 is 1.15 bits per heavy atom. The number of carbonyl (C=O) groups excluding carboxylic acids is 2. The smallest absolute Gasteiger partial charge is 0.409 e. The van der Waals surface area contributed by atoms with Crippen molar-refractivity contribution in [2.24, 2.45) is 0 Å². The number of nitrogens with zero attached hydrogens (tertiary/aromatic N) is 4. The minimum atomic E-state index is -0.320. The molecule has 1 fully saturated rings. The number of piperazine rings is 1. The van der Waals surface area contributed by atoms with Crippen LogP contribution in [0.5, 0.6) is 0 Å². The molecule has 1 aromatic heterocycles. The maximum atomic E-state index is 12.4. The first-order chi connectivity index (χ1) is 13.1. The zero-order valence-electron chi connectivity index (χ0n) is 15.7. The predicted octanol–water partition coefficient (Wildman–Crippen LogP) is 2.28. The van der Waals surface area contributed by atoms with E-state index in [2.05, 4.69) is 10.2 Å². The third kappa shape index (κ3) is 4.84. The Kier molecular flexibility index (Phi) is 6.05. The summed E-state index contributed by atoms with van der Waals surface area (Å²) in [6.45, 7) is 6.13. The molecule has 0 N–H and O–H groups in total. The van der Waals surface area contributed by atoms with E-state index in [0.717, 1.165) is 11.1 Å². The highest BCUT2D eigenvalue weighted by Gasteiger charge is 2.25. The van der Waals surface area contributed by atoms with Crippen LogP contribution in [-0.2, 0) is 16.0 Å². The standard InChI is InChI=1S/C19H24N4O4/c1-3-26-19(25)23-11-9-22(10-12-23)17(24)8-7-16-20-21-18(27-16)15-6-4-5-14(2)13-15/h4-6,13H,3,7-12H2,1-2H3. The normalized spacial score (nSPS) is 14.3. The summed E-state index contributed by atoms with van der Waals surface area (Å²) in [5.74, 6) is 0.933. The molecule has 27 heavy (non-hydrogen) atoms. The molecule has 0 spiro atoms. The van der Waals surface area contributed by atoms with E-state index >= 15 is 0 Å². The highest BCUT2D eigenvalue weighted by Crippen LogP contribution is 2.19. The Bertz CT molecular complexity index is 797. The second-order valence-corrected chi connectivity index (χ2v) is 6.44. The first-order valence-electron chi connectivity index (χ1n) is 9.15. The summed E-state index contributed by atoms with van der Waals surface area (Å²) in [5, 5.41) is 8.10. The van der Waals surface area contributed by atoms with Crippen LogP contribution in [0.15, 0.2) is 28.7 Å². The zero-order chi connectivity index (χ0) is 19.2. The molecule has 0 saturated carbocycles. The average molecular weight is 372 g/mol. The molecular formula is C19H24N4O4. The van der Waals surface area contributed by atoms with Gasteiger partial charge in [-0.1, -0.05) is 17.7 Å². The first kappa shape index (κ1) is 18.9.